The number of aliphatic carboxylic acids is 1. The molecular weight excluding hydrogens is 304 g/mol. The number of hydrogen-bond acceptors (Lipinski definition) is 5. The van der Waals surface area contributed by atoms with E-state index in [4.69, 9.17) is 4.74 Å². The third-order valence-corrected chi connectivity index (χ3v) is 4.45. The number of carbonyl (C=O) groups excluding carboxylic acids is 1. The van der Waals surface area contributed by atoms with Crippen LogP contribution < -0.4 is 5.32 Å². The molecule has 1 aliphatic rings. The summed E-state index contributed by atoms with van der Waals surface area (Å²) in [5, 5.41) is 12.1. The van der Waals surface area contributed by atoms with Crippen molar-refractivity contribution < 1.29 is 19.4 Å². The molecule has 0 radical (unpaired) electrons. The Hall–Kier alpha value is -0.950. The van der Waals surface area contributed by atoms with Crippen molar-refractivity contribution in [1.82, 2.24) is 10.2 Å². The lowest BCUT2D eigenvalue weighted by Crippen LogP contribution is -2.57. The number of thioether (sulfide) groups is 1. The van der Waals surface area contributed by atoms with Crippen molar-refractivity contribution in [2.24, 2.45) is 0 Å². The van der Waals surface area contributed by atoms with Gasteiger partial charge < -0.3 is 20.1 Å². The fraction of sp³-hybridized carbons (Fsp3) is 0.867. The van der Waals surface area contributed by atoms with Crippen molar-refractivity contribution in [2.75, 3.05) is 31.1 Å². The van der Waals surface area contributed by atoms with Gasteiger partial charge in [-0.05, 0) is 51.7 Å². The smallest absolute Gasteiger partial charge is 0.408 e. The molecule has 0 aromatic carbocycles. The molecule has 128 valence electrons. The second kappa shape index (κ2) is 8.06. The van der Waals surface area contributed by atoms with Gasteiger partial charge >= 0.3 is 12.1 Å². The summed E-state index contributed by atoms with van der Waals surface area (Å²) in [6.07, 6.45) is 0.765. The van der Waals surface area contributed by atoms with Gasteiger partial charge in [0, 0.05) is 13.1 Å². The highest BCUT2D eigenvalue weighted by Gasteiger charge is 2.46. The summed E-state index contributed by atoms with van der Waals surface area (Å²) in [6, 6.07) is 0. The first-order valence-corrected chi connectivity index (χ1v) is 8.89. The lowest BCUT2D eigenvalue weighted by atomic mass is 9.99. The molecule has 22 heavy (non-hydrogen) atoms. The number of rotatable bonds is 7. The minimum atomic E-state index is -1.24. The third kappa shape index (κ3) is 6.04. The molecule has 0 spiro atoms. The average Bonchev–Trinajstić information content (AvgIpc) is 2.77. The first-order chi connectivity index (χ1) is 10.2. The quantitative estimate of drug-likeness (QED) is 0.696. The van der Waals surface area contributed by atoms with Crippen LogP contribution in [0.5, 0.6) is 0 Å². The molecule has 0 bridgehead atoms. The highest BCUT2D eigenvalue weighted by Crippen LogP contribution is 2.23. The average molecular weight is 332 g/mol. The van der Waals surface area contributed by atoms with Crippen LogP contribution in [0.1, 0.15) is 40.5 Å². The number of nitrogens with one attached hydrogen (secondary N) is 1. The molecule has 0 saturated carbocycles. The Morgan fingerprint density at radius 3 is 2.64 bits per heavy atom. The molecule has 1 rings (SSSR count). The molecule has 2 N–H and O–H groups in total. The molecule has 0 aromatic rings. The van der Waals surface area contributed by atoms with Gasteiger partial charge in [0.1, 0.15) is 5.60 Å². The van der Waals surface area contributed by atoms with Crippen LogP contribution >= 0.6 is 11.8 Å². The van der Waals surface area contributed by atoms with Crippen molar-refractivity contribution in [2.45, 2.75) is 51.7 Å². The second-order valence-corrected chi connectivity index (χ2v) is 7.98. The molecule has 1 amide bonds. The lowest BCUT2D eigenvalue weighted by Gasteiger charge is -2.28. The molecule has 1 saturated heterocycles. The lowest BCUT2D eigenvalue weighted by molar-refractivity contribution is -0.144. The predicted octanol–water partition coefficient (Wildman–Crippen LogP) is 2.18. The number of carboxylic acids is 1. The van der Waals surface area contributed by atoms with Gasteiger partial charge in [-0.3, -0.25) is 0 Å². The standard InChI is InChI=1S/C15H28N2O4S/c1-5-22-10-6-8-17-9-7-15(11-17,12(18)19)16-13(20)21-14(2,3)4/h5-11H2,1-4H3,(H,16,20)(H,18,19). The maximum Gasteiger partial charge on any atom is 0.408 e. The molecule has 1 unspecified atom stereocenters. The number of alkyl carbamates (subject to hydrolysis) is 1. The van der Waals surface area contributed by atoms with Crippen molar-refractivity contribution >= 4 is 23.8 Å². The Morgan fingerprint density at radius 1 is 1.41 bits per heavy atom. The highest BCUT2D eigenvalue weighted by atomic mass is 32.2. The summed E-state index contributed by atoms with van der Waals surface area (Å²) in [4.78, 5) is 25.7. The van der Waals surface area contributed by atoms with Crippen LogP contribution in [0, 0.1) is 0 Å². The van der Waals surface area contributed by atoms with E-state index in [1.54, 1.807) is 20.8 Å². The van der Waals surface area contributed by atoms with Crippen LogP contribution in [0.15, 0.2) is 0 Å². The topological polar surface area (TPSA) is 78.9 Å². The van der Waals surface area contributed by atoms with Gasteiger partial charge in [-0.15, -0.1) is 0 Å². The number of hydrogen-bond donors (Lipinski definition) is 2. The molecule has 6 nitrogen and oxygen atoms in total. The summed E-state index contributed by atoms with van der Waals surface area (Å²) in [7, 11) is 0. The Morgan fingerprint density at radius 2 is 2.09 bits per heavy atom. The SMILES string of the molecule is CCSCCCN1CCC(NC(=O)OC(C)(C)C)(C(=O)O)C1. The largest absolute Gasteiger partial charge is 0.479 e. The zero-order valence-electron chi connectivity index (χ0n) is 14.0. The third-order valence-electron chi connectivity index (χ3n) is 3.47. The van der Waals surface area contributed by atoms with Gasteiger partial charge in [0.05, 0.1) is 0 Å². The number of nitrogens with zero attached hydrogens (tertiary/aromatic N) is 1. The van der Waals surface area contributed by atoms with Crippen LogP contribution in [0.2, 0.25) is 0 Å². The zero-order valence-corrected chi connectivity index (χ0v) is 14.8. The first-order valence-electron chi connectivity index (χ1n) is 7.73. The van der Waals surface area contributed by atoms with Gasteiger partial charge in [0.25, 0.3) is 0 Å². The summed E-state index contributed by atoms with van der Waals surface area (Å²) in [5.74, 6) is 1.18. The Bertz CT molecular complexity index is 397. The normalized spacial score (nSPS) is 22.5. The van der Waals surface area contributed by atoms with Gasteiger partial charge in [-0.25, -0.2) is 9.59 Å². The van der Waals surface area contributed by atoms with Crippen LogP contribution in [-0.2, 0) is 9.53 Å². The van der Waals surface area contributed by atoms with Crippen LogP contribution in [0.3, 0.4) is 0 Å². The van der Waals surface area contributed by atoms with E-state index in [1.807, 2.05) is 11.8 Å². The van der Waals surface area contributed by atoms with Gasteiger partial charge in [0.15, 0.2) is 5.54 Å². The van der Waals surface area contributed by atoms with Crippen LogP contribution in [0.25, 0.3) is 0 Å². The van der Waals surface area contributed by atoms with Crippen LogP contribution in [0.4, 0.5) is 4.79 Å². The minimum Gasteiger partial charge on any atom is -0.479 e. The fourth-order valence-corrected chi connectivity index (χ4v) is 3.07. The maximum atomic E-state index is 11.9. The summed E-state index contributed by atoms with van der Waals surface area (Å²) >= 11 is 1.88. The molecule has 0 aliphatic carbocycles. The van der Waals surface area contributed by atoms with Crippen molar-refractivity contribution in [3.8, 4) is 0 Å². The number of ether oxygens (including phenoxy) is 1. The summed E-state index contributed by atoms with van der Waals surface area (Å²) in [6.45, 7) is 9.27. The van der Waals surface area contributed by atoms with Crippen LogP contribution in [-0.4, -0.2) is 64.3 Å². The zero-order chi connectivity index (χ0) is 16.8. The predicted molar refractivity (Wildman–Crippen MR) is 88.4 cm³/mol. The Balaban J connectivity index is 2.55. The second-order valence-electron chi connectivity index (χ2n) is 6.59. The molecule has 1 atom stereocenters. The van der Waals surface area contributed by atoms with Gasteiger partial charge in [-0.2, -0.15) is 11.8 Å². The fourth-order valence-electron chi connectivity index (χ4n) is 2.44. The van der Waals surface area contributed by atoms with E-state index in [1.165, 1.54) is 0 Å². The summed E-state index contributed by atoms with van der Waals surface area (Å²) < 4.78 is 5.19. The Kier molecular flexibility index (Phi) is 6.99. The van der Waals surface area contributed by atoms with E-state index < -0.39 is 23.2 Å². The van der Waals surface area contributed by atoms with Gasteiger partial charge in [0.2, 0.25) is 0 Å². The van der Waals surface area contributed by atoms with Crippen molar-refractivity contribution in [3.63, 3.8) is 0 Å². The minimum absolute atomic E-state index is 0.332. The van der Waals surface area contributed by atoms with Crippen molar-refractivity contribution in [3.05, 3.63) is 0 Å². The number of carboxylic acid groups (broad SMARTS) is 1. The summed E-state index contributed by atoms with van der Waals surface area (Å²) in [5.41, 5.74) is -1.88. The molecule has 1 fully saturated rings. The van der Waals surface area contributed by atoms with Gasteiger partial charge in [-0.1, -0.05) is 6.92 Å². The Labute approximate surface area is 137 Å². The number of amides is 1. The first kappa shape index (κ1) is 19.1. The molecule has 1 heterocycles. The molecule has 0 aromatic heterocycles. The molecule has 1 aliphatic heterocycles. The maximum absolute atomic E-state index is 11.9. The van der Waals surface area contributed by atoms with E-state index >= 15 is 0 Å². The van der Waals surface area contributed by atoms with E-state index in [9.17, 15) is 14.7 Å². The van der Waals surface area contributed by atoms with Crippen molar-refractivity contribution in [1.29, 1.82) is 0 Å². The number of likely N-dealkylation sites (tertiary alicyclic amines) is 1. The molecule has 7 heteroatoms. The highest BCUT2D eigenvalue weighted by molar-refractivity contribution is 7.99. The van der Waals surface area contributed by atoms with E-state index in [0.29, 0.717) is 19.5 Å². The van der Waals surface area contributed by atoms with E-state index in [2.05, 4.69) is 17.1 Å². The van der Waals surface area contributed by atoms with E-state index in [0.717, 1.165) is 24.5 Å². The molecular formula is C15H28N2O4S. The monoisotopic (exact) mass is 332 g/mol. The van der Waals surface area contributed by atoms with E-state index in [-0.39, 0.29) is 0 Å². The number of carbonyl (C=O) groups is 2.